The lowest BCUT2D eigenvalue weighted by atomic mass is 10.1. The summed E-state index contributed by atoms with van der Waals surface area (Å²) in [6.45, 7) is 6.97. The molecule has 0 unspecified atom stereocenters. The van der Waals surface area contributed by atoms with Crippen LogP contribution < -0.4 is 14.8 Å². The average molecular weight is 353 g/mol. The minimum absolute atomic E-state index is 0.174. The van der Waals surface area contributed by atoms with Gasteiger partial charge in [0.2, 0.25) is 5.91 Å². The summed E-state index contributed by atoms with van der Waals surface area (Å²) in [6.07, 6.45) is 4.26. The SMILES string of the molecule is COc1cc(/C=C/C(=O)Nc2cccc(C)c2)ccc1OCCC(C)C. The summed E-state index contributed by atoms with van der Waals surface area (Å²) in [5.74, 6) is 1.80. The molecule has 2 aromatic rings. The van der Waals surface area contributed by atoms with E-state index in [0.717, 1.165) is 29.0 Å². The molecule has 2 rings (SSSR count). The second-order valence-electron chi connectivity index (χ2n) is 6.63. The lowest BCUT2D eigenvalue weighted by Gasteiger charge is -2.12. The number of hydrogen-bond acceptors (Lipinski definition) is 3. The van der Waals surface area contributed by atoms with E-state index >= 15 is 0 Å². The Labute approximate surface area is 155 Å². The number of rotatable bonds is 8. The second-order valence-corrected chi connectivity index (χ2v) is 6.63. The number of aryl methyl sites for hydroxylation is 1. The van der Waals surface area contributed by atoms with Gasteiger partial charge in [-0.3, -0.25) is 4.79 Å². The molecule has 0 aliphatic rings. The first-order chi connectivity index (χ1) is 12.5. The molecule has 26 heavy (non-hydrogen) atoms. The Kier molecular flexibility index (Phi) is 7.27. The number of hydrogen-bond donors (Lipinski definition) is 1. The molecular formula is C22H27NO3. The minimum atomic E-state index is -0.174. The normalized spacial score (nSPS) is 11.0. The van der Waals surface area contributed by atoms with Crippen molar-refractivity contribution in [3.63, 3.8) is 0 Å². The molecule has 0 atom stereocenters. The molecule has 0 saturated carbocycles. The highest BCUT2D eigenvalue weighted by atomic mass is 16.5. The van der Waals surface area contributed by atoms with Gasteiger partial charge in [0.25, 0.3) is 0 Å². The number of amides is 1. The molecule has 4 heteroatoms. The molecule has 2 aromatic carbocycles. The van der Waals surface area contributed by atoms with Crippen molar-refractivity contribution in [3.8, 4) is 11.5 Å². The van der Waals surface area contributed by atoms with E-state index in [0.29, 0.717) is 18.3 Å². The van der Waals surface area contributed by atoms with Crippen LogP contribution >= 0.6 is 0 Å². The van der Waals surface area contributed by atoms with E-state index in [1.54, 1.807) is 13.2 Å². The maximum Gasteiger partial charge on any atom is 0.248 e. The van der Waals surface area contributed by atoms with Gasteiger partial charge in [-0.05, 0) is 60.7 Å². The van der Waals surface area contributed by atoms with Crippen LogP contribution in [0.2, 0.25) is 0 Å². The Morgan fingerprint density at radius 1 is 1.15 bits per heavy atom. The highest BCUT2D eigenvalue weighted by Gasteiger charge is 2.06. The van der Waals surface area contributed by atoms with Crippen LogP contribution in [0, 0.1) is 12.8 Å². The van der Waals surface area contributed by atoms with Gasteiger partial charge < -0.3 is 14.8 Å². The third-order valence-electron chi connectivity index (χ3n) is 3.85. The number of ether oxygens (including phenoxy) is 2. The fourth-order valence-electron chi connectivity index (χ4n) is 2.39. The molecule has 0 aliphatic carbocycles. The largest absolute Gasteiger partial charge is 0.493 e. The van der Waals surface area contributed by atoms with Gasteiger partial charge in [-0.1, -0.05) is 32.0 Å². The number of carbonyl (C=O) groups is 1. The second kappa shape index (κ2) is 9.66. The van der Waals surface area contributed by atoms with Crippen LogP contribution in [-0.2, 0) is 4.79 Å². The lowest BCUT2D eigenvalue weighted by molar-refractivity contribution is -0.111. The predicted molar refractivity (Wildman–Crippen MR) is 107 cm³/mol. The number of nitrogens with one attached hydrogen (secondary N) is 1. The zero-order valence-electron chi connectivity index (χ0n) is 15.9. The first kappa shape index (κ1) is 19.6. The summed E-state index contributed by atoms with van der Waals surface area (Å²) >= 11 is 0. The number of carbonyl (C=O) groups excluding carboxylic acids is 1. The summed E-state index contributed by atoms with van der Waals surface area (Å²) < 4.78 is 11.2. The van der Waals surface area contributed by atoms with Crippen molar-refractivity contribution >= 4 is 17.7 Å². The number of methoxy groups -OCH3 is 1. The van der Waals surface area contributed by atoms with Crippen molar-refractivity contribution in [1.82, 2.24) is 0 Å². The molecule has 1 N–H and O–H groups in total. The first-order valence-corrected chi connectivity index (χ1v) is 8.84. The highest BCUT2D eigenvalue weighted by Crippen LogP contribution is 2.29. The molecule has 0 radical (unpaired) electrons. The fourth-order valence-corrected chi connectivity index (χ4v) is 2.39. The number of anilines is 1. The first-order valence-electron chi connectivity index (χ1n) is 8.84. The quantitative estimate of drug-likeness (QED) is 0.673. The summed E-state index contributed by atoms with van der Waals surface area (Å²) in [4.78, 5) is 12.1. The van der Waals surface area contributed by atoms with Crippen LogP contribution in [-0.4, -0.2) is 19.6 Å². The van der Waals surface area contributed by atoms with Crippen LogP contribution in [0.5, 0.6) is 11.5 Å². The molecule has 0 saturated heterocycles. The number of benzene rings is 2. The van der Waals surface area contributed by atoms with Crippen molar-refractivity contribution < 1.29 is 14.3 Å². The third kappa shape index (κ3) is 6.28. The van der Waals surface area contributed by atoms with Crippen LogP contribution in [0.15, 0.2) is 48.5 Å². The lowest BCUT2D eigenvalue weighted by Crippen LogP contribution is -2.07. The molecule has 4 nitrogen and oxygen atoms in total. The minimum Gasteiger partial charge on any atom is -0.493 e. The Morgan fingerprint density at radius 2 is 1.96 bits per heavy atom. The van der Waals surface area contributed by atoms with E-state index < -0.39 is 0 Å². The maximum absolute atomic E-state index is 12.1. The van der Waals surface area contributed by atoms with Crippen molar-refractivity contribution in [2.24, 2.45) is 5.92 Å². The molecule has 0 aliphatic heterocycles. The monoisotopic (exact) mass is 353 g/mol. The Hall–Kier alpha value is -2.75. The molecule has 0 bridgehead atoms. The van der Waals surface area contributed by atoms with E-state index in [9.17, 15) is 4.79 Å². The van der Waals surface area contributed by atoms with E-state index in [-0.39, 0.29) is 5.91 Å². The highest BCUT2D eigenvalue weighted by molar-refractivity contribution is 6.02. The summed E-state index contributed by atoms with van der Waals surface area (Å²) in [5, 5.41) is 2.85. The summed E-state index contributed by atoms with van der Waals surface area (Å²) in [5.41, 5.74) is 2.76. The molecule has 138 valence electrons. The molecule has 0 heterocycles. The van der Waals surface area contributed by atoms with Gasteiger partial charge in [0.05, 0.1) is 13.7 Å². The van der Waals surface area contributed by atoms with Gasteiger partial charge in [-0.2, -0.15) is 0 Å². The Bertz CT molecular complexity index is 766. The fraction of sp³-hybridized carbons (Fsp3) is 0.318. The molecule has 1 amide bonds. The van der Waals surface area contributed by atoms with Crippen LogP contribution in [0.3, 0.4) is 0 Å². The van der Waals surface area contributed by atoms with Crippen molar-refractivity contribution in [3.05, 3.63) is 59.7 Å². The third-order valence-corrected chi connectivity index (χ3v) is 3.85. The van der Waals surface area contributed by atoms with E-state index in [1.165, 1.54) is 6.08 Å². The van der Waals surface area contributed by atoms with E-state index in [1.807, 2.05) is 49.4 Å². The standard InChI is InChI=1S/C22H27NO3/c1-16(2)12-13-26-20-10-8-18(15-21(20)25-4)9-11-22(24)23-19-7-5-6-17(3)14-19/h5-11,14-16H,12-13H2,1-4H3,(H,23,24)/b11-9+. The average Bonchev–Trinajstić information content (AvgIpc) is 2.60. The predicted octanol–water partition coefficient (Wildman–Crippen LogP) is 5.08. The van der Waals surface area contributed by atoms with Gasteiger partial charge in [-0.25, -0.2) is 0 Å². The van der Waals surface area contributed by atoms with E-state index in [2.05, 4.69) is 19.2 Å². The van der Waals surface area contributed by atoms with Crippen molar-refractivity contribution in [2.45, 2.75) is 27.2 Å². The van der Waals surface area contributed by atoms with E-state index in [4.69, 9.17) is 9.47 Å². The molecule has 0 aromatic heterocycles. The van der Waals surface area contributed by atoms with Gasteiger partial charge in [0, 0.05) is 11.8 Å². The molecule has 0 fully saturated rings. The molecule has 0 spiro atoms. The Balaban J connectivity index is 1.99. The van der Waals surface area contributed by atoms with Gasteiger partial charge in [0.1, 0.15) is 0 Å². The van der Waals surface area contributed by atoms with Gasteiger partial charge in [-0.15, -0.1) is 0 Å². The zero-order chi connectivity index (χ0) is 18.9. The van der Waals surface area contributed by atoms with Crippen molar-refractivity contribution in [1.29, 1.82) is 0 Å². The van der Waals surface area contributed by atoms with Crippen LogP contribution in [0.4, 0.5) is 5.69 Å². The van der Waals surface area contributed by atoms with Gasteiger partial charge >= 0.3 is 0 Å². The maximum atomic E-state index is 12.1. The Morgan fingerprint density at radius 3 is 2.65 bits per heavy atom. The summed E-state index contributed by atoms with van der Waals surface area (Å²) in [7, 11) is 1.61. The van der Waals surface area contributed by atoms with Crippen molar-refractivity contribution in [2.75, 3.05) is 19.0 Å². The van der Waals surface area contributed by atoms with Gasteiger partial charge in [0.15, 0.2) is 11.5 Å². The smallest absolute Gasteiger partial charge is 0.248 e. The summed E-state index contributed by atoms with van der Waals surface area (Å²) in [6, 6.07) is 13.3. The van der Waals surface area contributed by atoms with Crippen LogP contribution in [0.1, 0.15) is 31.4 Å². The topological polar surface area (TPSA) is 47.6 Å². The zero-order valence-corrected chi connectivity index (χ0v) is 15.9. The van der Waals surface area contributed by atoms with Crippen LogP contribution in [0.25, 0.3) is 6.08 Å². The molecular weight excluding hydrogens is 326 g/mol.